The van der Waals surface area contributed by atoms with E-state index in [0.29, 0.717) is 17.4 Å². The van der Waals surface area contributed by atoms with Gasteiger partial charge < -0.3 is 10.8 Å². The molecule has 0 spiro atoms. The Kier molecular flexibility index (Phi) is 2.74. The lowest BCUT2D eigenvalue weighted by atomic mass is 9.46. The van der Waals surface area contributed by atoms with Gasteiger partial charge in [0.25, 0.3) is 0 Å². The van der Waals surface area contributed by atoms with Gasteiger partial charge >= 0.3 is 5.97 Å². The van der Waals surface area contributed by atoms with E-state index >= 15 is 0 Å². The third kappa shape index (κ3) is 1.95. The molecule has 2 atom stereocenters. The van der Waals surface area contributed by atoms with E-state index in [9.17, 15) is 9.90 Å². The first kappa shape index (κ1) is 14.4. The molecule has 4 bridgehead atoms. The molecule has 4 heteroatoms. The highest BCUT2D eigenvalue weighted by molar-refractivity contribution is 6.02. The molecule has 0 radical (unpaired) electrons. The Balaban J connectivity index is 1.71. The van der Waals surface area contributed by atoms with Gasteiger partial charge in [-0.25, -0.2) is 4.79 Å². The number of benzene rings is 1. The number of pyridine rings is 1. The van der Waals surface area contributed by atoms with E-state index in [1.54, 1.807) is 0 Å². The first-order valence-electron chi connectivity index (χ1n) is 8.89. The van der Waals surface area contributed by atoms with Crippen LogP contribution in [0.1, 0.15) is 54.6 Å². The van der Waals surface area contributed by atoms with Crippen LogP contribution in [0.3, 0.4) is 0 Å². The molecular weight excluding hydrogens is 300 g/mol. The van der Waals surface area contributed by atoms with E-state index in [4.69, 9.17) is 10.7 Å². The van der Waals surface area contributed by atoms with Gasteiger partial charge in [0.05, 0.1) is 11.1 Å². The molecule has 1 heterocycles. The van der Waals surface area contributed by atoms with Crippen LogP contribution in [0.5, 0.6) is 0 Å². The summed E-state index contributed by atoms with van der Waals surface area (Å²) in [5.41, 5.74) is 8.74. The minimum atomic E-state index is -0.873. The molecule has 0 aliphatic heterocycles. The maximum absolute atomic E-state index is 11.8. The summed E-state index contributed by atoms with van der Waals surface area (Å²) in [5, 5.41) is 10.4. The van der Waals surface area contributed by atoms with E-state index in [-0.39, 0.29) is 11.0 Å². The number of rotatable bonds is 2. The summed E-state index contributed by atoms with van der Waals surface area (Å²) in [6, 6.07) is 9.40. The molecule has 4 aliphatic carbocycles. The lowest BCUT2D eigenvalue weighted by molar-refractivity contribution is -0.0244. The van der Waals surface area contributed by atoms with Crippen molar-refractivity contribution in [1.29, 1.82) is 0 Å². The smallest absolute Gasteiger partial charge is 0.336 e. The van der Waals surface area contributed by atoms with Crippen LogP contribution in [0.2, 0.25) is 0 Å². The van der Waals surface area contributed by atoms with E-state index < -0.39 is 5.97 Å². The predicted molar refractivity (Wildman–Crippen MR) is 92.0 cm³/mol. The van der Waals surface area contributed by atoms with Crippen molar-refractivity contribution >= 4 is 16.9 Å². The van der Waals surface area contributed by atoms with E-state index in [2.05, 4.69) is 0 Å². The highest BCUT2D eigenvalue weighted by atomic mass is 16.4. The van der Waals surface area contributed by atoms with Gasteiger partial charge in [0.1, 0.15) is 0 Å². The molecule has 2 aromatic rings. The van der Waals surface area contributed by atoms with Gasteiger partial charge in [0.2, 0.25) is 0 Å². The SMILES string of the molecule is NC12C[C@@H]3C[C@@H](C1)CC(c1cc(C(=O)O)c4ccccc4n1)(C3)C2. The zero-order chi connectivity index (χ0) is 16.5. The number of hydrogen-bond donors (Lipinski definition) is 2. The Hall–Kier alpha value is -1.94. The van der Waals surface area contributed by atoms with Gasteiger partial charge in [-0.15, -0.1) is 0 Å². The summed E-state index contributed by atoms with van der Waals surface area (Å²) in [5.74, 6) is 0.484. The summed E-state index contributed by atoms with van der Waals surface area (Å²) in [6.45, 7) is 0. The number of nitrogens with two attached hydrogens (primary N) is 1. The molecule has 4 aliphatic rings. The Morgan fingerprint density at radius 2 is 1.88 bits per heavy atom. The quantitative estimate of drug-likeness (QED) is 0.887. The Labute approximate surface area is 141 Å². The van der Waals surface area contributed by atoms with Crippen LogP contribution in [0.25, 0.3) is 10.9 Å². The maximum Gasteiger partial charge on any atom is 0.336 e. The molecule has 1 aromatic carbocycles. The molecule has 3 N–H and O–H groups in total. The Morgan fingerprint density at radius 1 is 1.17 bits per heavy atom. The molecular formula is C20H22N2O2. The highest BCUT2D eigenvalue weighted by Gasteiger charge is 2.57. The van der Waals surface area contributed by atoms with Crippen LogP contribution in [0.4, 0.5) is 0 Å². The van der Waals surface area contributed by atoms with Crippen molar-refractivity contribution in [1.82, 2.24) is 4.98 Å². The average molecular weight is 322 g/mol. The van der Waals surface area contributed by atoms with E-state index in [1.807, 2.05) is 30.3 Å². The second-order valence-electron chi connectivity index (χ2n) is 8.48. The van der Waals surface area contributed by atoms with Crippen molar-refractivity contribution in [2.75, 3.05) is 0 Å². The standard InChI is InChI=1S/C20H22N2O2/c21-20-9-12-5-13(10-20)8-19(7-12,11-20)17-6-15(18(23)24)14-3-1-2-4-16(14)22-17/h1-4,6,12-13H,5,7-11,21H2,(H,23,24)/t12-,13-,19?,20?/m1/s1. The topological polar surface area (TPSA) is 76.2 Å². The Bertz CT molecular complexity index is 846. The van der Waals surface area contributed by atoms with E-state index in [0.717, 1.165) is 48.7 Å². The van der Waals surface area contributed by atoms with Gasteiger partial charge in [-0.3, -0.25) is 4.98 Å². The van der Waals surface area contributed by atoms with Crippen molar-refractivity contribution in [3.05, 3.63) is 41.6 Å². The third-order valence-corrected chi connectivity index (χ3v) is 6.60. The number of aromatic carboxylic acids is 1. The molecule has 0 unspecified atom stereocenters. The summed E-state index contributed by atoms with van der Waals surface area (Å²) in [6.07, 6.45) is 6.74. The van der Waals surface area contributed by atoms with Gasteiger partial charge in [-0.1, -0.05) is 18.2 Å². The van der Waals surface area contributed by atoms with Gasteiger partial charge in [-0.05, 0) is 62.5 Å². The largest absolute Gasteiger partial charge is 0.478 e. The van der Waals surface area contributed by atoms with Crippen molar-refractivity contribution < 1.29 is 9.90 Å². The molecule has 4 saturated carbocycles. The number of aromatic nitrogens is 1. The fraction of sp³-hybridized carbons (Fsp3) is 0.500. The summed E-state index contributed by atoms with van der Waals surface area (Å²) in [7, 11) is 0. The molecule has 4 nitrogen and oxygen atoms in total. The monoisotopic (exact) mass is 322 g/mol. The molecule has 6 rings (SSSR count). The number of carbonyl (C=O) groups is 1. The summed E-state index contributed by atoms with van der Waals surface area (Å²) < 4.78 is 0. The predicted octanol–water partition coefficient (Wildman–Crippen LogP) is 3.48. The Morgan fingerprint density at radius 3 is 2.54 bits per heavy atom. The second-order valence-corrected chi connectivity index (χ2v) is 8.48. The molecule has 4 fully saturated rings. The lowest BCUT2D eigenvalue weighted by Crippen LogP contribution is -2.61. The number of hydrogen-bond acceptors (Lipinski definition) is 3. The van der Waals surface area contributed by atoms with Gasteiger partial charge in [-0.2, -0.15) is 0 Å². The van der Waals surface area contributed by atoms with Crippen LogP contribution >= 0.6 is 0 Å². The lowest BCUT2D eigenvalue weighted by Gasteiger charge is -2.60. The number of para-hydroxylation sites is 1. The van der Waals surface area contributed by atoms with Gasteiger partial charge in [0, 0.05) is 22.0 Å². The third-order valence-electron chi connectivity index (χ3n) is 6.60. The normalized spacial score (nSPS) is 37.0. The summed E-state index contributed by atoms with van der Waals surface area (Å²) in [4.78, 5) is 16.7. The minimum Gasteiger partial charge on any atom is -0.478 e. The maximum atomic E-state index is 11.8. The van der Waals surface area contributed by atoms with Crippen molar-refractivity contribution in [3.63, 3.8) is 0 Å². The molecule has 0 saturated heterocycles. The second kappa shape index (κ2) is 4.57. The number of fused-ring (bicyclic) bond motifs is 1. The van der Waals surface area contributed by atoms with Crippen molar-refractivity contribution in [2.24, 2.45) is 17.6 Å². The fourth-order valence-electron chi connectivity index (χ4n) is 6.26. The fourth-order valence-corrected chi connectivity index (χ4v) is 6.26. The zero-order valence-electron chi connectivity index (χ0n) is 13.7. The molecule has 24 heavy (non-hydrogen) atoms. The highest BCUT2D eigenvalue weighted by Crippen LogP contribution is 2.61. The number of carboxylic acid groups (broad SMARTS) is 1. The van der Waals surface area contributed by atoms with Crippen molar-refractivity contribution in [3.8, 4) is 0 Å². The first-order valence-corrected chi connectivity index (χ1v) is 8.89. The molecule has 1 aromatic heterocycles. The van der Waals surface area contributed by atoms with Crippen LogP contribution in [0, 0.1) is 11.8 Å². The van der Waals surface area contributed by atoms with Crippen LogP contribution in [-0.4, -0.2) is 21.6 Å². The van der Waals surface area contributed by atoms with Gasteiger partial charge in [0.15, 0.2) is 0 Å². The molecule has 124 valence electrons. The summed E-state index contributed by atoms with van der Waals surface area (Å²) >= 11 is 0. The van der Waals surface area contributed by atoms with Crippen LogP contribution in [-0.2, 0) is 5.41 Å². The first-order chi connectivity index (χ1) is 11.5. The zero-order valence-corrected chi connectivity index (χ0v) is 13.7. The molecule has 0 amide bonds. The van der Waals surface area contributed by atoms with Crippen LogP contribution < -0.4 is 5.73 Å². The van der Waals surface area contributed by atoms with Crippen LogP contribution in [0.15, 0.2) is 30.3 Å². The number of nitrogens with zero attached hydrogens (tertiary/aromatic N) is 1. The minimum absolute atomic E-state index is 0.0208. The average Bonchev–Trinajstić information content (AvgIpc) is 2.51. The van der Waals surface area contributed by atoms with E-state index in [1.165, 1.54) is 6.42 Å². The number of carboxylic acids is 1. The van der Waals surface area contributed by atoms with Crippen molar-refractivity contribution in [2.45, 2.75) is 49.5 Å².